The Bertz CT molecular complexity index is 762. The molecule has 0 radical (unpaired) electrons. The SMILES string of the molecule is CC12CC3CC(NC45CC6CC(CC(C6)C4)C5)(C1)CC(c1ccccc1)(C3)C2. The molecule has 0 aliphatic heterocycles. The van der Waals surface area contributed by atoms with Crippen LogP contribution in [-0.4, -0.2) is 11.1 Å². The molecule has 8 saturated carbocycles. The van der Waals surface area contributed by atoms with Crippen LogP contribution in [0.3, 0.4) is 0 Å². The summed E-state index contributed by atoms with van der Waals surface area (Å²) in [6.45, 7) is 2.64. The standard InChI is InChI=1S/C27H37N/c1-24-10-22-11-25(16-24,23-5-3-2-4-6-23)18-27(15-22,17-24)28-26-12-19-7-20(13-26)9-21(8-19)14-26/h2-6,19-22,28H,7-18H2,1H3. The van der Waals surface area contributed by atoms with Crippen molar-refractivity contribution in [2.24, 2.45) is 29.1 Å². The first-order valence-electron chi connectivity index (χ1n) is 12.3. The fourth-order valence-corrected chi connectivity index (χ4v) is 11.0. The third-order valence-corrected chi connectivity index (χ3v) is 10.3. The summed E-state index contributed by atoms with van der Waals surface area (Å²) in [5.41, 5.74) is 3.60. The Morgan fingerprint density at radius 3 is 1.96 bits per heavy atom. The van der Waals surface area contributed by atoms with Gasteiger partial charge in [0, 0.05) is 11.1 Å². The zero-order valence-corrected chi connectivity index (χ0v) is 17.7. The van der Waals surface area contributed by atoms with E-state index >= 15 is 0 Å². The van der Waals surface area contributed by atoms with Crippen LogP contribution in [0.25, 0.3) is 0 Å². The van der Waals surface area contributed by atoms with Gasteiger partial charge in [0.15, 0.2) is 0 Å². The molecule has 8 bridgehead atoms. The van der Waals surface area contributed by atoms with Crippen LogP contribution >= 0.6 is 0 Å². The Labute approximate surface area is 171 Å². The Hall–Kier alpha value is -0.820. The first-order chi connectivity index (χ1) is 13.5. The molecular formula is C27H37N. The van der Waals surface area contributed by atoms with E-state index in [-0.39, 0.29) is 0 Å². The molecule has 8 fully saturated rings. The van der Waals surface area contributed by atoms with Crippen LogP contribution in [0.5, 0.6) is 0 Å². The molecule has 1 aromatic carbocycles. The average molecular weight is 376 g/mol. The lowest BCUT2D eigenvalue weighted by Crippen LogP contribution is -2.72. The minimum absolute atomic E-state index is 0.426. The topological polar surface area (TPSA) is 12.0 Å². The number of benzene rings is 1. The first kappa shape index (κ1) is 16.9. The highest BCUT2D eigenvalue weighted by Gasteiger charge is 2.64. The van der Waals surface area contributed by atoms with Gasteiger partial charge in [-0.25, -0.2) is 0 Å². The smallest absolute Gasteiger partial charge is 0.0203 e. The zero-order chi connectivity index (χ0) is 18.6. The molecule has 8 aliphatic carbocycles. The fraction of sp³-hybridized carbons (Fsp3) is 0.778. The largest absolute Gasteiger partial charge is 0.306 e. The summed E-state index contributed by atoms with van der Waals surface area (Å²) in [5, 5.41) is 4.59. The number of nitrogens with one attached hydrogen (secondary N) is 1. The summed E-state index contributed by atoms with van der Waals surface area (Å²) in [6.07, 6.45) is 17.9. The molecule has 1 N–H and O–H groups in total. The normalized spacial score (nSPS) is 55.8. The molecule has 0 heterocycles. The highest BCUT2D eigenvalue weighted by molar-refractivity contribution is 5.33. The van der Waals surface area contributed by atoms with E-state index in [2.05, 4.69) is 42.6 Å². The van der Waals surface area contributed by atoms with Gasteiger partial charge in [0.05, 0.1) is 0 Å². The summed E-state index contributed by atoms with van der Waals surface area (Å²) in [5.74, 6) is 4.09. The van der Waals surface area contributed by atoms with Gasteiger partial charge in [0.25, 0.3) is 0 Å². The van der Waals surface area contributed by atoms with Crippen molar-refractivity contribution in [1.82, 2.24) is 5.32 Å². The van der Waals surface area contributed by atoms with Crippen molar-refractivity contribution in [3.63, 3.8) is 0 Å². The predicted molar refractivity (Wildman–Crippen MR) is 114 cm³/mol. The molecular weight excluding hydrogens is 338 g/mol. The number of rotatable bonds is 3. The first-order valence-corrected chi connectivity index (χ1v) is 12.3. The third kappa shape index (κ3) is 2.35. The second-order valence-corrected chi connectivity index (χ2v) is 13.1. The summed E-state index contributed by atoms with van der Waals surface area (Å²) in [4.78, 5) is 0. The van der Waals surface area contributed by atoms with Gasteiger partial charge in [-0.05, 0) is 117 Å². The average Bonchev–Trinajstić information content (AvgIpc) is 2.58. The van der Waals surface area contributed by atoms with Crippen molar-refractivity contribution in [2.45, 2.75) is 100 Å². The molecule has 150 valence electrons. The maximum absolute atomic E-state index is 4.59. The molecule has 1 aromatic rings. The quantitative estimate of drug-likeness (QED) is 0.661. The molecule has 0 saturated heterocycles. The van der Waals surface area contributed by atoms with Crippen LogP contribution in [0.1, 0.15) is 89.5 Å². The predicted octanol–water partition coefficient (Wildman–Crippen LogP) is 6.23. The molecule has 4 unspecified atom stereocenters. The molecule has 0 amide bonds. The molecule has 8 aliphatic rings. The highest BCUT2D eigenvalue weighted by Crippen LogP contribution is 2.68. The van der Waals surface area contributed by atoms with E-state index in [0.29, 0.717) is 21.9 Å². The lowest BCUT2D eigenvalue weighted by Gasteiger charge is -2.69. The van der Waals surface area contributed by atoms with Crippen molar-refractivity contribution in [3.05, 3.63) is 35.9 Å². The van der Waals surface area contributed by atoms with Crippen molar-refractivity contribution < 1.29 is 0 Å². The van der Waals surface area contributed by atoms with E-state index in [1.165, 1.54) is 57.8 Å². The summed E-state index contributed by atoms with van der Waals surface area (Å²) in [6, 6.07) is 11.7. The van der Waals surface area contributed by atoms with Gasteiger partial charge >= 0.3 is 0 Å². The van der Waals surface area contributed by atoms with E-state index in [0.717, 1.165) is 23.7 Å². The molecule has 1 nitrogen and oxygen atoms in total. The Morgan fingerprint density at radius 2 is 1.32 bits per heavy atom. The van der Waals surface area contributed by atoms with Gasteiger partial charge in [0.2, 0.25) is 0 Å². The number of hydrogen-bond donors (Lipinski definition) is 1. The Balaban J connectivity index is 1.27. The van der Waals surface area contributed by atoms with E-state index in [4.69, 9.17) is 0 Å². The monoisotopic (exact) mass is 375 g/mol. The van der Waals surface area contributed by atoms with E-state index in [1.54, 1.807) is 24.8 Å². The summed E-state index contributed by atoms with van der Waals surface area (Å²) >= 11 is 0. The van der Waals surface area contributed by atoms with Crippen LogP contribution in [0.15, 0.2) is 30.3 Å². The fourth-order valence-electron chi connectivity index (χ4n) is 11.0. The van der Waals surface area contributed by atoms with Gasteiger partial charge in [-0.15, -0.1) is 0 Å². The van der Waals surface area contributed by atoms with Crippen LogP contribution in [-0.2, 0) is 5.41 Å². The van der Waals surface area contributed by atoms with Crippen LogP contribution in [0, 0.1) is 29.1 Å². The van der Waals surface area contributed by atoms with Crippen molar-refractivity contribution in [2.75, 3.05) is 0 Å². The molecule has 0 spiro atoms. The van der Waals surface area contributed by atoms with Crippen LogP contribution < -0.4 is 5.32 Å². The lowest BCUT2D eigenvalue weighted by molar-refractivity contribution is -0.120. The van der Waals surface area contributed by atoms with Crippen molar-refractivity contribution in [3.8, 4) is 0 Å². The molecule has 1 heteroatoms. The van der Waals surface area contributed by atoms with Gasteiger partial charge in [-0.1, -0.05) is 37.3 Å². The minimum atomic E-state index is 0.426. The second-order valence-electron chi connectivity index (χ2n) is 13.1. The minimum Gasteiger partial charge on any atom is -0.306 e. The highest BCUT2D eigenvalue weighted by atomic mass is 15.1. The van der Waals surface area contributed by atoms with Crippen molar-refractivity contribution in [1.29, 1.82) is 0 Å². The van der Waals surface area contributed by atoms with Gasteiger partial charge in [0.1, 0.15) is 0 Å². The maximum Gasteiger partial charge on any atom is 0.0203 e. The lowest BCUT2D eigenvalue weighted by atomic mass is 9.40. The zero-order valence-electron chi connectivity index (χ0n) is 17.7. The van der Waals surface area contributed by atoms with Crippen LogP contribution in [0.4, 0.5) is 0 Å². The summed E-state index contributed by atoms with van der Waals surface area (Å²) in [7, 11) is 0. The molecule has 28 heavy (non-hydrogen) atoms. The Morgan fingerprint density at radius 1 is 0.679 bits per heavy atom. The van der Waals surface area contributed by atoms with Gasteiger partial charge in [-0.3, -0.25) is 0 Å². The Kier molecular flexibility index (Phi) is 3.18. The van der Waals surface area contributed by atoms with Gasteiger partial charge in [-0.2, -0.15) is 0 Å². The maximum atomic E-state index is 4.59. The van der Waals surface area contributed by atoms with E-state index in [1.807, 2.05) is 0 Å². The van der Waals surface area contributed by atoms with Gasteiger partial charge < -0.3 is 5.32 Å². The number of hydrogen-bond acceptors (Lipinski definition) is 1. The molecule has 0 aromatic heterocycles. The molecule has 9 rings (SSSR count). The van der Waals surface area contributed by atoms with Crippen molar-refractivity contribution >= 4 is 0 Å². The third-order valence-electron chi connectivity index (χ3n) is 10.3. The van der Waals surface area contributed by atoms with E-state index in [9.17, 15) is 0 Å². The molecule has 4 atom stereocenters. The summed E-state index contributed by atoms with van der Waals surface area (Å²) < 4.78 is 0. The second kappa shape index (κ2) is 5.26. The van der Waals surface area contributed by atoms with E-state index < -0.39 is 0 Å². The van der Waals surface area contributed by atoms with Crippen LogP contribution in [0.2, 0.25) is 0 Å².